The van der Waals surface area contributed by atoms with Gasteiger partial charge in [0.05, 0.1) is 25.1 Å². The summed E-state index contributed by atoms with van der Waals surface area (Å²) in [6.45, 7) is 0.297. The van der Waals surface area contributed by atoms with Gasteiger partial charge < -0.3 is 24.4 Å². The number of rotatable bonds is 8. The van der Waals surface area contributed by atoms with Crippen molar-refractivity contribution < 1.29 is 32.3 Å². The quantitative estimate of drug-likeness (QED) is 0.238. The SMILES string of the molecule is COc1cc(-c2cn(C)c(=O)c3cnccc23)cc(F)c1CN1CCC(N(C)C(=O)N2CCC(c3ccc(NC4CCC(=O)NC4=O)cc3)CC2)C(F)(F)C1. The number of ether oxygens (including phenoxy) is 1. The van der Waals surface area contributed by atoms with Gasteiger partial charge in [-0.15, -0.1) is 0 Å². The summed E-state index contributed by atoms with van der Waals surface area (Å²) in [4.78, 5) is 58.1. The standard InChI is InChI=1S/C40H44F3N7O5/c1-47-21-30(28-10-14-44-20-29(28)38(47)53)26-18-32(41)31(34(19-26)55-3)22-49-15-13-35(40(42,43)23-49)48(2)39(54)50-16-11-25(12-17-50)24-4-6-27(7-5-24)45-33-8-9-36(51)46-37(33)52/h4-7,10,14,18-21,25,33,35,45H,8-9,11-13,15-17,22-23H2,1-3H3,(H,46,51,52). The number of aryl methyl sites for hydroxylation is 1. The minimum Gasteiger partial charge on any atom is -0.496 e. The zero-order chi connectivity index (χ0) is 39.0. The fourth-order valence-corrected chi connectivity index (χ4v) is 8.12. The van der Waals surface area contributed by atoms with Gasteiger partial charge in [0.1, 0.15) is 17.6 Å². The van der Waals surface area contributed by atoms with Crippen LogP contribution in [0.3, 0.4) is 0 Å². The highest BCUT2D eigenvalue weighted by atomic mass is 19.3. The van der Waals surface area contributed by atoms with Crippen LogP contribution in [0.15, 0.2) is 65.8 Å². The molecule has 3 aliphatic rings. The molecule has 2 N–H and O–H groups in total. The summed E-state index contributed by atoms with van der Waals surface area (Å²) in [7, 11) is 4.43. The Kier molecular flexibility index (Phi) is 10.6. The number of carbonyl (C=O) groups excluding carboxylic acids is 3. The van der Waals surface area contributed by atoms with Crippen LogP contribution >= 0.6 is 0 Å². The predicted octanol–water partition coefficient (Wildman–Crippen LogP) is 5.11. The molecule has 0 radical (unpaired) electrons. The maximum absolute atomic E-state index is 15.8. The number of likely N-dealkylation sites (tertiary alicyclic amines) is 2. The van der Waals surface area contributed by atoms with Crippen molar-refractivity contribution in [1.82, 2.24) is 29.6 Å². The maximum Gasteiger partial charge on any atom is 0.320 e. The number of nitrogens with zero attached hydrogens (tertiary/aromatic N) is 5. The number of amides is 4. The number of imide groups is 1. The van der Waals surface area contributed by atoms with Crippen molar-refractivity contribution in [2.24, 2.45) is 7.05 Å². The van der Waals surface area contributed by atoms with Gasteiger partial charge in [0.2, 0.25) is 11.8 Å². The van der Waals surface area contributed by atoms with Gasteiger partial charge in [0.25, 0.3) is 11.5 Å². The second-order valence-corrected chi connectivity index (χ2v) is 14.7. The number of carbonyl (C=O) groups is 3. The number of hydrogen-bond acceptors (Lipinski definition) is 8. The van der Waals surface area contributed by atoms with Crippen molar-refractivity contribution >= 4 is 34.3 Å². The molecule has 0 spiro atoms. The predicted molar refractivity (Wildman–Crippen MR) is 201 cm³/mol. The summed E-state index contributed by atoms with van der Waals surface area (Å²) in [5.41, 5.74) is 2.84. The lowest BCUT2D eigenvalue weighted by Gasteiger charge is -2.44. The second-order valence-electron chi connectivity index (χ2n) is 14.7. The van der Waals surface area contributed by atoms with Crippen LogP contribution in [0.1, 0.15) is 49.1 Å². The van der Waals surface area contributed by atoms with E-state index in [-0.39, 0.29) is 60.5 Å². The first kappa shape index (κ1) is 37.9. The van der Waals surface area contributed by atoms with Crippen molar-refractivity contribution in [3.05, 3.63) is 88.4 Å². The number of fused-ring (bicyclic) bond motifs is 1. The van der Waals surface area contributed by atoms with E-state index in [1.165, 1.54) is 35.9 Å². The van der Waals surface area contributed by atoms with Gasteiger partial charge in [-0.2, -0.15) is 0 Å². The van der Waals surface area contributed by atoms with E-state index in [0.29, 0.717) is 54.3 Å². The first-order valence-corrected chi connectivity index (χ1v) is 18.4. The van der Waals surface area contributed by atoms with Crippen LogP contribution < -0.4 is 20.9 Å². The molecule has 12 nitrogen and oxygen atoms in total. The number of urea groups is 1. The van der Waals surface area contributed by atoms with Crippen LogP contribution in [0, 0.1) is 5.82 Å². The number of piperidine rings is 3. The van der Waals surface area contributed by atoms with Crippen LogP contribution in [0.25, 0.3) is 21.9 Å². The molecule has 15 heteroatoms. The Morgan fingerprint density at radius 2 is 1.78 bits per heavy atom. The highest BCUT2D eigenvalue weighted by Gasteiger charge is 2.48. The lowest BCUT2D eigenvalue weighted by Crippen LogP contribution is -2.60. The van der Waals surface area contributed by atoms with Crippen LogP contribution in [0.5, 0.6) is 5.75 Å². The Balaban J connectivity index is 0.953. The topological polar surface area (TPSA) is 129 Å². The van der Waals surface area contributed by atoms with Crippen molar-refractivity contribution in [3.8, 4) is 16.9 Å². The molecular weight excluding hydrogens is 715 g/mol. The summed E-state index contributed by atoms with van der Waals surface area (Å²) in [6, 6.07) is 10.2. The Hall–Kier alpha value is -5.44. The van der Waals surface area contributed by atoms with Gasteiger partial charge in [-0.25, -0.2) is 18.0 Å². The molecular formula is C40H44F3N7O5. The average molecular weight is 760 g/mol. The lowest BCUT2D eigenvalue weighted by molar-refractivity contribution is -0.133. The summed E-state index contributed by atoms with van der Waals surface area (Å²) < 4.78 is 54.5. The van der Waals surface area contributed by atoms with Crippen molar-refractivity contribution in [2.45, 2.75) is 62.6 Å². The largest absolute Gasteiger partial charge is 0.496 e. The van der Waals surface area contributed by atoms with Gasteiger partial charge in [0, 0.05) is 82.1 Å². The highest BCUT2D eigenvalue weighted by Crippen LogP contribution is 2.37. The number of aromatic nitrogens is 2. The fraction of sp³-hybridized carbons (Fsp3) is 0.425. The summed E-state index contributed by atoms with van der Waals surface area (Å²) >= 11 is 0. The normalized spacial score (nSPS) is 20.7. The third kappa shape index (κ3) is 7.75. The average Bonchev–Trinajstić information content (AvgIpc) is 3.17. The van der Waals surface area contributed by atoms with Crippen LogP contribution in [0.4, 0.5) is 23.7 Å². The zero-order valence-corrected chi connectivity index (χ0v) is 31.0. The third-order valence-corrected chi connectivity index (χ3v) is 11.2. The van der Waals surface area contributed by atoms with E-state index in [0.717, 1.165) is 16.2 Å². The molecule has 7 rings (SSSR count). The number of hydrogen-bond donors (Lipinski definition) is 2. The molecule has 2 unspecified atom stereocenters. The number of benzene rings is 2. The molecule has 2 aromatic carbocycles. The summed E-state index contributed by atoms with van der Waals surface area (Å²) in [5.74, 6) is -4.09. The molecule has 4 amide bonds. The van der Waals surface area contributed by atoms with E-state index in [1.807, 2.05) is 24.3 Å². The zero-order valence-electron chi connectivity index (χ0n) is 31.0. The Bertz CT molecular complexity index is 2170. The Morgan fingerprint density at radius 1 is 1.04 bits per heavy atom. The van der Waals surface area contributed by atoms with Gasteiger partial charge in [0.15, 0.2) is 0 Å². The molecule has 5 heterocycles. The lowest BCUT2D eigenvalue weighted by atomic mass is 9.89. The number of methoxy groups -OCH3 is 1. The molecule has 3 fully saturated rings. The molecule has 55 heavy (non-hydrogen) atoms. The third-order valence-electron chi connectivity index (χ3n) is 11.2. The first-order valence-electron chi connectivity index (χ1n) is 18.4. The Morgan fingerprint density at radius 3 is 2.47 bits per heavy atom. The van der Waals surface area contributed by atoms with E-state index < -0.39 is 36.4 Å². The molecule has 3 aliphatic heterocycles. The maximum atomic E-state index is 15.8. The number of alkyl halides is 2. The molecule has 2 aromatic heterocycles. The molecule has 0 bridgehead atoms. The monoisotopic (exact) mass is 759 g/mol. The van der Waals surface area contributed by atoms with Gasteiger partial charge in [-0.05, 0) is 78.4 Å². The molecule has 2 atom stereocenters. The van der Waals surface area contributed by atoms with Crippen molar-refractivity contribution in [3.63, 3.8) is 0 Å². The number of nitrogens with one attached hydrogen (secondary N) is 2. The van der Waals surface area contributed by atoms with E-state index in [9.17, 15) is 19.2 Å². The van der Waals surface area contributed by atoms with Gasteiger partial charge in [-0.1, -0.05) is 12.1 Å². The highest BCUT2D eigenvalue weighted by molar-refractivity contribution is 6.01. The van der Waals surface area contributed by atoms with E-state index in [2.05, 4.69) is 15.6 Å². The smallest absolute Gasteiger partial charge is 0.320 e. The molecule has 290 valence electrons. The van der Waals surface area contributed by atoms with Crippen molar-refractivity contribution in [1.29, 1.82) is 0 Å². The van der Waals surface area contributed by atoms with Crippen LogP contribution in [-0.4, -0.2) is 100 Å². The minimum absolute atomic E-state index is 0.00496. The minimum atomic E-state index is -3.25. The molecule has 0 aliphatic carbocycles. The van der Waals surface area contributed by atoms with Crippen LogP contribution in [-0.2, 0) is 23.2 Å². The van der Waals surface area contributed by atoms with E-state index in [4.69, 9.17) is 4.74 Å². The summed E-state index contributed by atoms with van der Waals surface area (Å²) in [5, 5.41) is 6.50. The number of anilines is 1. The summed E-state index contributed by atoms with van der Waals surface area (Å²) in [6.07, 6.45) is 6.72. The Labute approximate surface area is 316 Å². The van der Waals surface area contributed by atoms with Gasteiger partial charge in [-0.3, -0.25) is 29.6 Å². The van der Waals surface area contributed by atoms with E-state index >= 15 is 13.2 Å². The fourth-order valence-electron chi connectivity index (χ4n) is 8.12. The molecule has 4 aromatic rings. The first-order chi connectivity index (χ1) is 26.3. The number of pyridine rings is 2. The van der Waals surface area contributed by atoms with Crippen LogP contribution in [0.2, 0.25) is 0 Å². The molecule has 3 saturated heterocycles. The number of halogens is 3. The second kappa shape index (κ2) is 15.4. The molecule has 0 saturated carbocycles. The van der Waals surface area contributed by atoms with E-state index in [1.54, 1.807) is 36.5 Å². The van der Waals surface area contributed by atoms with Crippen molar-refractivity contribution in [2.75, 3.05) is 45.7 Å². The van der Waals surface area contributed by atoms with Gasteiger partial charge >= 0.3 is 6.03 Å².